The van der Waals surface area contributed by atoms with E-state index in [0.717, 1.165) is 18.5 Å². The minimum Gasteiger partial charge on any atom is -0.480 e. The molecule has 126 valence electrons. The van der Waals surface area contributed by atoms with Crippen LogP contribution in [0, 0.1) is 5.92 Å². The van der Waals surface area contributed by atoms with Crippen LogP contribution in [-0.4, -0.2) is 37.5 Å². The van der Waals surface area contributed by atoms with Crippen molar-refractivity contribution in [3.05, 3.63) is 42.2 Å². The van der Waals surface area contributed by atoms with Gasteiger partial charge in [0.05, 0.1) is 11.9 Å². The molecule has 2 N–H and O–H groups in total. The summed E-state index contributed by atoms with van der Waals surface area (Å²) < 4.78 is 0. The second kappa shape index (κ2) is 6.43. The number of benzene rings is 1. The number of carboxylic acid groups (broad SMARTS) is 1. The van der Waals surface area contributed by atoms with Crippen LogP contribution in [0.3, 0.4) is 0 Å². The smallest absolute Gasteiger partial charge is 0.329 e. The lowest BCUT2D eigenvalue weighted by molar-refractivity contribution is -0.146. The third kappa shape index (κ3) is 3.15. The van der Waals surface area contributed by atoms with Gasteiger partial charge in [0.25, 0.3) is 5.91 Å². The number of para-hydroxylation sites is 1. The molecule has 1 aliphatic carbocycles. The maximum atomic E-state index is 12.5. The number of hydrogen-bond donors (Lipinski definition) is 2. The fourth-order valence-electron chi connectivity index (χ4n) is 2.98. The minimum atomic E-state index is -1.21. The first kappa shape index (κ1) is 16.2. The summed E-state index contributed by atoms with van der Waals surface area (Å²) >= 11 is 0. The normalized spacial score (nSPS) is 23.6. The average Bonchev–Trinajstić information content (AvgIpc) is 3.08. The molecule has 0 aliphatic heterocycles. The molecule has 24 heavy (non-hydrogen) atoms. The Balaban J connectivity index is 1.77. The van der Waals surface area contributed by atoms with Gasteiger partial charge >= 0.3 is 5.97 Å². The number of nitrogens with one attached hydrogen (secondary N) is 1. The molecule has 7 heteroatoms. The van der Waals surface area contributed by atoms with Crippen LogP contribution in [0.15, 0.2) is 36.5 Å². The molecule has 0 bridgehead atoms. The summed E-state index contributed by atoms with van der Waals surface area (Å²) in [6.45, 7) is 2.10. The molecular weight excluding hydrogens is 308 g/mol. The van der Waals surface area contributed by atoms with Crippen molar-refractivity contribution < 1.29 is 14.7 Å². The molecule has 0 atom stereocenters. The summed E-state index contributed by atoms with van der Waals surface area (Å²) in [6.07, 6.45) is 3.78. The standard InChI is InChI=1S/C17H20N4O3/c1-12-7-9-17(10-8-12,16(23)24)19-15(22)14-11-18-21(20-14)13-5-3-2-4-6-13/h2-6,11-12H,7-10H2,1H3,(H,19,22)(H,23,24). The lowest BCUT2D eigenvalue weighted by Crippen LogP contribution is -2.56. The second-order valence-corrected chi connectivity index (χ2v) is 6.38. The van der Waals surface area contributed by atoms with Gasteiger partial charge in [-0.3, -0.25) is 4.79 Å². The van der Waals surface area contributed by atoms with Gasteiger partial charge in [0.2, 0.25) is 0 Å². The van der Waals surface area contributed by atoms with Gasteiger partial charge in [0.15, 0.2) is 5.69 Å². The summed E-state index contributed by atoms with van der Waals surface area (Å²) in [6, 6.07) is 9.22. The molecule has 1 fully saturated rings. The molecule has 1 aliphatic rings. The van der Waals surface area contributed by atoms with Crippen LogP contribution in [0.5, 0.6) is 0 Å². The van der Waals surface area contributed by atoms with Gasteiger partial charge in [-0.15, -0.1) is 5.10 Å². The van der Waals surface area contributed by atoms with Crippen molar-refractivity contribution in [2.45, 2.75) is 38.1 Å². The molecule has 1 heterocycles. The van der Waals surface area contributed by atoms with E-state index in [1.165, 1.54) is 11.0 Å². The SMILES string of the molecule is CC1CCC(NC(=O)c2cnn(-c3ccccc3)n2)(C(=O)O)CC1. The number of carbonyl (C=O) groups excluding carboxylic acids is 1. The first-order valence-electron chi connectivity index (χ1n) is 8.04. The largest absolute Gasteiger partial charge is 0.480 e. The van der Waals surface area contributed by atoms with Gasteiger partial charge < -0.3 is 10.4 Å². The van der Waals surface area contributed by atoms with Crippen molar-refractivity contribution in [2.75, 3.05) is 0 Å². The zero-order chi connectivity index (χ0) is 17.2. The Kier molecular flexibility index (Phi) is 4.33. The third-order valence-electron chi connectivity index (χ3n) is 4.60. The molecule has 1 amide bonds. The van der Waals surface area contributed by atoms with E-state index >= 15 is 0 Å². The van der Waals surface area contributed by atoms with Crippen LogP contribution in [0.2, 0.25) is 0 Å². The fraction of sp³-hybridized carbons (Fsp3) is 0.412. The first-order valence-corrected chi connectivity index (χ1v) is 8.04. The number of carbonyl (C=O) groups is 2. The Labute approximate surface area is 139 Å². The number of nitrogens with zero attached hydrogens (tertiary/aromatic N) is 3. The van der Waals surface area contributed by atoms with E-state index in [0.29, 0.717) is 18.8 Å². The highest BCUT2D eigenvalue weighted by Crippen LogP contribution is 2.32. The second-order valence-electron chi connectivity index (χ2n) is 6.38. The molecule has 1 aromatic carbocycles. The summed E-state index contributed by atoms with van der Waals surface area (Å²) in [5, 5.41) is 20.5. The molecule has 0 unspecified atom stereocenters. The number of rotatable bonds is 4. The molecule has 3 rings (SSSR count). The fourth-order valence-corrected chi connectivity index (χ4v) is 2.98. The highest BCUT2D eigenvalue weighted by Gasteiger charge is 2.43. The van der Waals surface area contributed by atoms with Crippen molar-refractivity contribution in [1.29, 1.82) is 0 Å². The van der Waals surface area contributed by atoms with Crippen molar-refractivity contribution in [1.82, 2.24) is 20.3 Å². The molecule has 7 nitrogen and oxygen atoms in total. The Morgan fingerprint density at radius 2 is 1.92 bits per heavy atom. The van der Waals surface area contributed by atoms with E-state index in [-0.39, 0.29) is 5.69 Å². The molecule has 0 saturated heterocycles. The van der Waals surface area contributed by atoms with Crippen LogP contribution in [0.25, 0.3) is 5.69 Å². The summed E-state index contributed by atoms with van der Waals surface area (Å²) in [4.78, 5) is 25.5. The highest BCUT2D eigenvalue weighted by atomic mass is 16.4. The summed E-state index contributed by atoms with van der Waals surface area (Å²) in [7, 11) is 0. The van der Waals surface area contributed by atoms with Gasteiger partial charge in [-0.1, -0.05) is 25.1 Å². The Hall–Kier alpha value is -2.70. The maximum Gasteiger partial charge on any atom is 0.329 e. The van der Waals surface area contributed by atoms with E-state index in [1.807, 2.05) is 30.3 Å². The molecule has 0 spiro atoms. The maximum absolute atomic E-state index is 12.5. The van der Waals surface area contributed by atoms with Gasteiger partial charge in [0.1, 0.15) is 5.54 Å². The zero-order valence-corrected chi connectivity index (χ0v) is 13.5. The Morgan fingerprint density at radius 3 is 2.54 bits per heavy atom. The van der Waals surface area contributed by atoms with Crippen LogP contribution in [-0.2, 0) is 4.79 Å². The number of hydrogen-bond acceptors (Lipinski definition) is 4. The Morgan fingerprint density at radius 1 is 1.25 bits per heavy atom. The van der Waals surface area contributed by atoms with Crippen LogP contribution >= 0.6 is 0 Å². The molecule has 0 radical (unpaired) electrons. The topological polar surface area (TPSA) is 97.1 Å². The predicted octanol–water partition coefficient (Wildman–Crippen LogP) is 2.03. The van der Waals surface area contributed by atoms with Crippen LogP contribution in [0.4, 0.5) is 0 Å². The lowest BCUT2D eigenvalue weighted by atomic mass is 9.77. The summed E-state index contributed by atoms with van der Waals surface area (Å²) in [5.41, 5.74) is -0.366. The zero-order valence-electron chi connectivity index (χ0n) is 13.5. The monoisotopic (exact) mass is 328 g/mol. The minimum absolute atomic E-state index is 0.109. The first-order chi connectivity index (χ1) is 11.5. The lowest BCUT2D eigenvalue weighted by Gasteiger charge is -2.36. The quantitative estimate of drug-likeness (QED) is 0.895. The van der Waals surface area contributed by atoms with Crippen LogP contribution in [0.1, 0.15) is 43.1 Å². The van der Waals surface area contributed by atoms with E-state index < -0.39 is 17.4 Å². The van der Waals surface area contributed by atoms with Crippen molar-refractivity contribution in [3.63, 3.8) is 0 Å². The average molecular weight is 328 g/mol. The van der Waals surface area contributed by atoms with Gasteiger partial charge in [-0.2, -0.15) is 9.90 Å². The van der Waals surface area contributed by atoms with Gasteiger partial charge in [-0.05, 0) is 43.7 Å². The third-order valence-corrected chi connectivity index (χ3v) is 4.60. The molecule has 2 aromatic rings. The van der Waals surface area contributed by atoms with E-state index in [4.69, 9.17) is 0 Å². The van der Waals surface area contributed by atoms with Crippen molar-refractivity contribution >= 4 is 11.9 Å². The highest BCUT2D eigenvalue weighted by molar-refractivity contribution is 5.96. The Bertz CT molecular complexity index is 733. The summed E-state index contributed by atoms with van der Waals surface area (Å²) in [5.74, 6) is -1.01. The van der Waals surface area contributed by atoms with E-state index in [9.17, 15) is 14.7 Å². The van der Waals surface area contributed by atoms with Gasteiger partial charge in [0, 0.05) is 0 Å². The van der Waals surface area contributed by atoms with E-state index in [2.05, 4.69) is 22.4 Å². The van der Waals surface area contributed by atoms with E-state index in [1.54, 1.807) is 0 Å². The van der Waals surface area contributed by atoms with Crippen LogP contribution < -0.4 is 5.32 Å². The number of aliphatic carboxylic acids is 1. The number of carboxylic acids is 1. The number of aromatic nitrogens is 3. The molecule has 1 saturated carbocycles. The molecular formula is C17H20N4O3. The molecule has 1 aromatic heterocycles. The number of amides is 1. The predicted molar refractivity (Wildman–Crippen MR) is 86.8 cm³/mol. The van der Waals surface area contributed by atoms with Crippen molar-refractivity contribution in [2.24, 2.45) is 5.92 Å². The van der Waals surface area contributed by atoms with Crippen molar-refractivity contribution in [3.8, 4) is 5.69 Å². The van der Waals surface area contributed by atoms with Gasteiger partial charge in [-0.25, -0.2) is 4.79 Å².